The predicted octanol–water partition coefficient (Wildman–Crippen LogP) is 3.06. The average Bonchev–Trinajstić information content (AvgIpc) is 3.22. The molecule has 130 valence electrons. The van der Waals surface area contributed by atoms with Gasteiger partial charge in [-0.15, -0.1) is 0 Å². The highest BCUT2D eigenvalue weighted by Crippen LogP contribution is 2.29. The summed E-state index contributed by atoms with van der Waals surface area (Å²) in [5, 5.41) is 16.5. The number of rotatable bonds is 5. The topological polar surface area (TPSA) is 92.1 Å². The number of carbonyl (C=O) groups excluding carboxylic acids is 1. The molecule has 0 unspecified atom stereocenters. The number of phenols is 1. The van der Waals surface area contributed by atoms with E-state index < -0.39 is 0 Å². The number of phenolic OH excluding ortho intramolecular Hbond substituents is 1. The number of nitrogens with one attached hydrogen (secondary N) is 2. The molecule has 0 saturated heterocycles. The minimum Gasteiger partial charge on any atom is -0.508 e. The summed E-state index contributed by atoms with van der Waals surface area (Å²) in [6.45, 7) is 4.18. The van der Waals surface area contributed by atoms with Crippen molar-refractivity contribution in [2.75, 3.05) is 10.6 Å². The number of anilines is 2. The molecule has 3 rings (SSSR count). The number of aromatic nitrogens is 3. The van der Waals surface area contributed by atoms with Crippen LogP contribution in [-0.4, -0.2) is 25.5 Å². The zero-order valence-electron chi connectivity index (χ0n) is 14.2. The maximum Gasteiger partial charge on any atom is 0.267 e. The molecule has 0 radical (unpaired) electrons. The van der Waals surface area contributed by atoms with Crippen molar-refractivity contribution in [1.82, 2.24) is 14.5 Å². The highest BCUT2D eigenvalue weighted by molar-refractivity contribution is 7.17. The maximum atomic E-state index is 12.5. The van der Waals surface area contributed by atoms with Gasteiger partial charge in [-0.1, -0.05) is 17.4 Å². The Kier molecular flexibility index (Phi) is 4.71. The second-order valence-electron chi connectivity index (χ2n) is 5.69. The quantitative estimate of drug-likeness (QED) is 0.653. The summed E-state index contributed by atoms with van der Waals surface area (Å²) in [6, 6.07) is 3.39. The van der Waals surface area contributed by atoms with Crippen LogP contribution in [-0.2, 0) is 13.6 Å². The second-order valence-corrected chi connectivity index (χ2v) is 6.72. The normalized spacial score (nSPS) is 10.7. The van der Waals surface area contributed by atoms with Gasteiger partial charge in [-0.2, -0.15) is 0 Å². The van der Waals surface area contributed by atoms with Crippen LogP contribution in [0.25, 0.3) is 0 Å². The second kappa shape index (κ2) is 6.94. The molecule has 7 nitrogen and oxygen atoms in total. The largest absolute Gasteiger partial charge is 0.508 e. The van der Waals surface area contributed by atoms with E-state index in [4.69, 9.17) is 0 Å². The van der Waals surface area contributed by atoms with Gasteiger partial charge in [-0.3, -0.25) is 4.79 Å². The van der Waals surface area contributed by atoms with Crippen LogP contribution >= 0.6 is 11.3 Å². The van der Waals surface area contributed by atoms with E-state index in [-0.39, 0.29) is 11.7 Å². The highest BCUT2D eigenvalue weighted by Gasteiger charge is 2.15. The third kappa shape index (κ3) is 3.63. The summed E-state index contributed by atoms with van der Waals surface area (Å²) in [4.78, 5) is 21.4. The van der Waals surface area contributed by atoms with Crippen molar-refractivity contribution in [2.45, 2.75) is 20.4 Å². The lowest BCUT2D eigenvalue weighted by Gasteiger charge is -2.11. The summed E-state index contributed by atoms with van der Waals surface area (Å²) in [6.07, 6.45) is 5.14. The molecule has 0 atom stereocenters. The van der Waals surface area contributed by atoms with E-state index in [0.717, 1.165) is 11.4 Å². The zero-order chi connectivity index (χ0) is 18.0. The van der Waals surface area contributed by atoms with E-state index in [2.05, 4.69) is 20.6 Å². The first-order valence-corrected chi connectivity index (χ1v) is 8.53. The lowest BCUT2D eigenvalue weighted by molar-refractivity contribution is 0.103. The Morgan fingerprint density at radius 3 is 2.84 bits per heavy atom. The molecular weight excluding hydrogens is 338 g/mol. The van der Waals surface area contributed by atoms with Crippen molar-refractivity contribution in [3.05, 3.63) is 52.6 Å². The number of benzene rings is 1. The molecule has 25 heavy (non-hydrogen) atoms. The fraction of sp³-hybridized carbons (Fsp3) is 0.235. The first-order valence-electron chi connectivity index (χ1n) is 7.72. The lowest BCUT2D eigenvalue weighted by Crippen LogP contribution is -2.12. The van der Waals surface area contributed by atoms with Gasteiger partial charge in [0, 0.05) is 25.0 Å². The van der Waals surface area contributed by atoms with Crippen LogP contribution in [0.2, 0.25) is 0 Å². The molecule has 8 heteroatoms. The summed E-state index contributed by atoms with van der Waals surface area (Å²) in [5.74, 6) is 0.786. The summed E-state index contributed by atoms with van der Waals surface area (Å²) >= 11 is 1.27. The Morgan fingerprint density at radius 2 is 2.12 bits per heavy atom. The molecule has 0 fully saturated rings. The number of imidazole rings is 1. The third-order valence-corrected chi connectivity index (χ3v) is 4.89. The SMILES string of the molecule is Cc1ccc(O)c(C)c1NC(=O)c1cnc(NCc2nccn2C)s1. The number of amides is 1. The number of hydrogen-bond acceptors (Lipinski definition) is 6. The Balaban J connectivity index is 1.69. The molecule has 0 saturated carbocycles. The minimum atomic E-state index is -0.251. The van der Waals surface area contributed by atoms with Crippen molar-refractivity contribution >= 4 is 28.1 Å². The van der Waals surface area contributed by atoms with E-state index in [1.54, 1.807) is 25.3 Å². The zero-order valence-corrected chi connectivity index (χ0v) is 15.0. The Hall–Kier alpha value is -2.87. The number of thiazole rings is 1. The van der Waals surface area contributed by atoms with Gasteiger partial charge in [0.2, 0.25) is 0 Å². The van der Waals surface area contributed by atoms with Crippen LogP contribution in [0, 0.1) is 13.8 Å². The van der Waals surface area contributed by atoms with Crippen LogP contribution in [0.3, 0.4) is 0 Å². The lowest BCUT2D eigenvalue weighted by atomic mass is 10.1. The van der Waals surface area contributed by atoms with Crippen molar-refractivity contribution in [1.29, 1.82) is 0 Å². The highest BCUT2D eigenvalue weighted by atomic mass is 32.1. The van der Waals surface area contributed by atoms with E-state index in [9.17, 15) is 9.90 Å². The van der Waals surface area contributed by atoms with Crippen molar-refractivity contribution < 1.29 is 9.90 Å². The van der Waals surface area contributed by atoms with Crippen molar-refractivity contribution in [3.8, 4) is 5.75 Å². The van der Waals surface area contributed by atoms with Gasteiger partial charge >= 0.3 is 0 Å². The molecule has 3 aromatic rings. The molecule has 3 N–H and O–H groups in total. The number of aryl methyl sites for hydroxylation is 2. The molecule has 0 aliphatic carbocycles. The smallest absolute Gasteiger partial charge is 0.267 e. The van der Waals surface area contributed by atoms with Gasteiger partial charge in [0.15, 0.2) is 5.13 Å². The molecule has 2 aromatic heterocycles. The van der Waals surface area contributed by atoms with Crippen LogP contribution in [0.5, 0.6) is 5.75 Å². The fourth-order valence-corrected chi connectivity index (χ4v) is 3.09. The molecule has 0 spiro atoms. The van der Waals surface area contributed by atoms with Crippen LogP contribution in [0.15, 0.2) is 30.7 Å². The Morgan fingerprint density at radius 1 is 1.32 bits per heavy atom. The van der Waals surface area contributed by atoms with Gasteiger partial charge in [-0.05, 0) is 25.5 Å². The average molecular weight is 357 g/mol. The predicted molar refractivity (Wildman–Crippen MR) is 98.2 cm³/mol. The molecule has 1 amide bonds. The monoisotopic (exact) mass is 357 g/mol. The number of nitrogens with zero attached hydrogens (tertiary/aromatic N) is 3. The van der Waals surface area contributed by atoms with E-state index >= 15 is 0 Å². The van der Waals surface area contributed by atoms with Gasteiger partial charge in [0.1, 0.15) is 16.5 Å². The summed E-state index contributed by atoms with van der Waals surface area (Å²) < 4.78 is 1.92. The van der Waals surface area contributed by atoms with Gasteiger partial charge in [0.05, 0.1) is 18.4 Å². The Bertz CT molecular complexity index is 916. The Labute approximate surface area is 149 Å². The number of hydrogen-bond donors (Lipinski definition) is 3. The van der Waals surface area contributed by atoms with Crippen LogP contribution in [0.1, 0.15) is 26.6 Å². The van der Waals surface area contributed by atoms with Crippen LogP contribution < -0.4 is 10.6 Å². The molecule has 2 heterocycles. The number of aromatic hydroxyl groups is 1. The molecule has 0 aliphatic heterocycles. The third-order valence-electron chi connectivity index (χ3n) is 3.93. The minimum absolute atomic E-state index is 0.155. The van der Waals surface area contributed by atoms with Crippen molar-refractivity contribution in [3.63, 3.8) is 0 Å². The van der Waals surface area contributed by atoms with Crippen LogP contribution in [0.4, 0.5) is 10.8 Å². The van der Waals surface area contributed by atoms with E-state index in [0.29, 0.717) is 27.8 Å². The molecule has 1 aromatic carbocycles. The first-order chi connectivity index (χ1) is 12.0. The van der Waals surface area contributed by atoms with E-state index in [1.165, 1.54) is 17.5 Å². The van der Waals surface area contributed by atoms with Gasteiger partial charge in [0.25, 0.3) is 5.91 Å². The molecule has 0 bridgehead atoms. The van der Waals surface area contributed by atoms with Crippen molar-refractivity contribution in [2.24, 2.45) is 7.05 Å². The maximum absolute atomic E-state index is 12.5. The van der Waals surface area contributed by atoms with Gasteiger partial charge < -0.3 is 20.3 Å². The van der Waals surface area contributed by atoms with E-state index in [1.807, 2.05) is 24.7 Å². The fourth-order valence-electron chi connectivity index (χ4n) is 2.39. The molecule has 0 aliphatic rings. The summed E-state index contributed by atoms with van der Waals surface area (Å²) in [5.41, 5.74) is 2.16. The number of carbonyl (C=O) groups is 1. The first kappa shape index (κ1) is 17.0. The standard InChI is InChI=1S/C17H19N5O2S/c1-10-4-5-12(23)11(2)15(10)21-16(24)13-8-19-17(25-13)20-9-14-18-6-7-22(14)3/h4-8,23H,9H2,1-3H3,(H,19,20)(H,21,24). The summed E-state index contributed by atoms with van der Waals surface area (Å²) in [7, 11) is 1.92. The molecular formula is C17H19N5O2S. The van der Waals surface area contributed by atoms with Gasteiger partial charge in [-0.25, -0.2) is 9.97 Å².